The van der Waals surface area contributed by atoms with Gasteiger partial charge in [-0.2, -0.15) is 5.10 Å². The summed E-state index contributed by atoms with van der Waals surface area (Å²) in [5.41, 5.74) is 3.45. The minimum atomic E-state index is -0.947. The number of aromatic nitrogens is 2. The summed E-state index contributed by atoms with van der Waals surface area (Å²) in [7, 11) is 0. The molecule has 1 aromatic heterocycles. The highest BCUT2D eigenvalue weighted by atomic mass is 16.4. The van der Waals surface area contributed by atoms with E-state index < -0.39 is 5.97 Å². The van der Waals surface area contributed by atoms with E-state index in [-0.39, 0.29) is 23.4 Å². The van der Waals surface area contributed by atoms with Crippen molar-refractivity contribution < 1.29 is 14.7 Å². The van der Waals surface area contributed by atoms with Gasteiger partial charge in [-0.25, -0.2) is 4.79 Å². The highest BCUT2D eigenvalue weighted by molar-refractivity contribution is 5.88. The van der Waals surface area contributed by atoms with Crippen molar-refractivity contribution in [3.05, 3.63) is 52.8 Å². The van der Waals surface area contributed by atoms with Gasteiger partial charge in [0.15, 0.2) is 0 Å². The van der Waals surface area contributed by atoms with Crippen molar-refractivity contribution in [2.24, 2.45) is 0 Å². The molecule has 1 aliphatic rings. The van der Waals surface area contributed by atoms with E-state index in [1.807, 2.05) is 9.58 Å². The Morgan fingerprint density at radius 2 is 1.69 bits per heavy atom. The van der Waals surface area contributed by atoms with Crippen molar-refractivity contribution in [1.82, 2.24) is 14.7 Å². The predicted octanol–water partition coefficient (Wildman–Crippen LogP) is 4.37. The van der Waals surface area contributed by atoms with E-state index in [0.717, 1.165) is 12.8 Å². The van der Waals surface area contributed by atoms with Gasteiger partial charge in [0.2, 0.25) is 5.91 Å². The first-order valence-electron chi connectivity index (χ1n) is 10.4. The molecular weight excluding hydrogens is 366 g/mol. The van der Waals surface area contributed by atoms with Crippen LogP contribution in [0.2, 0.25) is 0 Å². The number of rotatable bonds is 6. The van der Waals surface area contributed by atoms with Crippen LogP contribution < -0.4 is 0 Å². The van der Waals surface area contributed by atoms with Crippen LogP contribution in [0.15, 0.2) is 30.5 Å². The smallest absolute Gasteiger partial charge is 0.339 e. The third-order valence-corrected chi connectivity index (χ3v) is 6.09. The van der Waals surface area contributed by atoms with E-state index in [2.05, 4.69) is 50.1 Å². The lowest BCUT2D eigenvalue weighted by Gasteiger charge is -2.33. The number of likely N-dealkylation sites (tertiary alicyclic amines) is 1. The normalized spacial score (nSPS) is 16.2. The monoisotopic (exact) mass is 397 g/mol. The minimum Gasteiger partial charge on any atom is -0.478 e. The van der Waals surface area contributed by atoms with Crippen LogP contribution in [0.3, 0.4) is 0 Å². The second-order valence-electron chi connectivity index (χ2n) is 8.43. The number of benzene rings is 1. The summed E-state index contributed by atoms with van der Waals surface area (Å²) in [6.07, 6.45) is 3.52. The Labute approximate surface area is 172 Å². The molecule has 6 heteroatoms. The lowest BCUT2D eigenvalue weighted by Crippen LogP contribution is -2.39. The Kier molecular flexibility index (Phi) is 6.40. The number of aromatic carboxylic acids is 1. The quantitative estimate of drug-likeness (QED) is 0.785. The largest absolute Gasteiger partial charge is 0.478 e. The molecule has 1 aliphatic heterocycles. The maximum Gasteiger partial charge on any atom is 0.339 e. The van der Waals surface area contributed by atoms with Crippen molar-refractivity contribution in [2.75, 3.05) is 13.1 Å². The van der Waals surface area contributed by atoms with Gasteiger partial charge < -0.3 is 10.0 Å². The molecule has 0 saturated carbocycles. The molecule has 1 atom stereocenters. The Hall–Kier alpha value is -2.63. The molecule has 1 aromatic carbocycles. The number of amides is 1. The Bertz CT molecular complexity index is 862. The lowest BCUT2D eigenvalue weighted by molar-refractivity contribution is -0.132. The van der Waals surface area contributed by atoms with E-state index in [9.17, 15) is 14.7 Å². The van der Waals surface area contributed by atoms with Crippen LogP contribution in [0.4, 0.5) is 0 Å². The number of piperidine rings is 1. The highest BCUT2D eigenvalue weighted by Gasteiger charge is 2.27. The number of carbonyl (C=O) groups is 2. The molecule has 2 aromatic rings. The summed E-state index contributed by atoms with van der Waals surface area (Å²) in [4.78, 5) is 25.9. The first kappa shape index (κ1) is 21.1. The average Bonchev–Trinajstić information content (AvgIpc) is 3.09. The first-order chi connectivity index (χ1) is 13.8. The number of carboxylic acid groups (broad SMARTS) is 1. The van der Waals surface area contributed by atoms with Crippen molar-refractivity contribution in [2.45, 2.75) is 64.8 Å². The average molecular weight is 398 g/mol. The molecule has 2 heterocycles. The van der Waals surface area contributed by atoms with Gasteiger partial charge in [0.05, 0.1) is 17.9 Å². The molecule has 1 N–H and O–H groups in total. The van der Waals surface area contributed by atoms with Crippen LogP contribution in [-0.2, 0) is 4.79 Å². The molecule has 0 aliphatic carbocycles. The van der Waals surface area contributed by atoms with E-state index >= 15 is 0 Å². The molecule has 0 radical (unpaired) electrons. The third-order valence-electron chi connectivity index (χ3n) is 6.09. The number of carboxylic acids is 1. The molecule has 0 spiro atoms. The fourth-order valence-electron chi connectivity index (χ4n) is 4.08. The maximum atomic E-state index is 12.8. The standard InChI is InChI=1S/C23H31N3O3/c1-15(2)18-5-7-19(8-6-18)16(3)13-22(27)25-11-9-20(10-12-25)26-17(4)21(14-24-26)23(28)29/h5-8,14-16,20H,9-13H2,1-4H3,(H,28,29). The maximum absolute atomic E-state index is 12.8. The molecule has 29 heavy (non-hydrogen) atoms. The van der Waals surface area contributed by atoms with E-state index in [0.29, 0.717) is 31.1 Å². The van der Waals surface area contributed by atoms with Gasteiger partial charge in [0.25, 0.3) is 0 Å². The van der Waals surface area contributed by atoms with Crippen LogP contribution in [0.25, 0.3) is 0 Å². The minimum absolute atomic E-state index is 0.146. The zero-order chi connectivity index (χ0) is 21.1. The Balaban J connectivity index is 1.55. The van der Waals surface area contributed by atoms with Crippen LogP contribution in [0, 0.1) is 6.92 Å². The summed E-state index contributed by atoms with van der Waals surface area (Å²) in [5.74, 6) is -0.0655. The Morgan fingerprint density at radius 3 is 2.21 bits per heavy atom. The molecule has 1 fully saturated rings. The van der Waals surface area contributed by atoms with Crippen molar-refractivity contribution in [1.29, 1.82) is 0 Å². The SMILES string of the molecule is Cc1c(C(=O)O)cnn1C1CCN(C(=O)CC(C)c2ccc(C(C)C)cc2)CC1. The molecule has 6 nitrogen and oxygen atoms in total. The highest BCUT2D eigenvalue weighted by Crippen LogP contribution is 2.27. The molecular formula is C23H31N3O3. The summed E-state index contributed by atoms with van der Waals surface area (Å²) in [5, 5.41) is 13.5. The molecule has 0 bridgehead atoms. The van der Waals surface area contributed by atoms with E-state index in [1.165, 1.54) is 17.3 Å². The molecule has 1 saturated heterocycles. The van der Waals surface area contributed by atoms with Gasteiger partial charge in [0.1, 0.15) is 5.56 Å². The summed E-state index contributed by atoms with van der Waals surface area (Å²) in [6, 6.07) is 8.74. The Morgan fingerprint density at radius 1 is 1.10 bits per heavy atom. The fraction of sp³-hybridized carbons (Fsp3) is 0.522. The van der Waals surface area contributed by atoms with Gasteiger partial charge in [0, 0.05) is 19.5 Å². The van der Waals surface area contributed by atoms with Gasteiger partial charge >= 0.3 is 5.97 Å². The van der Waals surface area contributed by atoms with Gasteiger partial charge in [-0.1, -0.05) is 45.0 Å². The van der Waals surface area contributed by atoms with Crippen LogP contribution >= 0.6 is 0 Å². The predicted molar refractivity (Wildman–Crippen MR) is 112 cm³/mol. The van der Waals surface area contributed by atoms with E-state index in [1.54, 1.807) is 6.92 Å². The summed E-state index contributed by atoms with van der Waals surface area (Å²) in [6.45, 7) is 9.63. The van der Waals surface area contributed by atoms with Crippen molar-refractivity contribution in [3.63, 3.8) is 0 Å². The number of carbonyl (C=O) groups excluding carboxylic acids is 1. The topological polar surface area (TPSA) is 75.4 Å². The zero-order valence-electron chi connectivity index (χ0n) is 17.8. The van der Waals surface area contributed by atoms with Crippen LogP contribution in [-0.4, -0.2) is 44.8 Å². The molecule has 156 valence electrons. The third kappa shape index (κ3) is 4.69. The first-order valence-corrected chi connectivity index (χ1v) is 10.4. The number of nitrogens with zero attached hydrogens (tertiary/aromatic N) is 3. The fourth-order valence-corrected chi connectivity index (χ4v) is 4.08. The summed E-state index contributed by atoms with van der Waals surface area (Å²) < 4.78 is 1.81. The number of hydrogen-bond acceptors (Lipinski definition) is 3. The van der Waals surface area contributed by atoms with Crippen molar-refractivity contribution >= 4 is 11.9 Å². The van der Waals surface area contributed by atoms with Crippen LogP contribution in [0.1, 0.15) is 85.1 Å². The number of hydrogen-bond donors (Lipinski definition) is 1. The molecule has 3 rings (SSSR count). The van der Waals surface area contributed by atoms with Gasteiger partial charge in [-0.15, -0.1) is 0 Å². The van der Waals surface area contributed by atoms with E-state index in [4.69, 9.17) is 0 Å². The van der Waals surface area contributed by atoms with Gasteiger partial charge in [-0.3, -0.25) is 9.48 Å². The zero-order valence-corrected chi connectivity index (χ0v) is 17.8. The second kappa shape index (κ2) is 8.80. The lowest BCUT2D eigenvalue weighted by atomic mass is 9.93. The molecule has 1 unspecified atom stereocenters. The molecule has 1 amide bonds. The van der Waals surface area contributed by atoms with Crippen LogP contribution in [0.5, 0.6) is 0 Å². The van der Waals surface area contributed by atoms with Gasteiger partial charge in [-0.05, 0) is 42.7 Å². The van der Waals surface area contributed by atoms with Crippen molar-refractivity contribution in [3.8, 4) is 0 Å². The summed E-state index contributed by atoms with van der Waals surface area (Å²) >= 11 is 0. The second-order valence-corrected chi connectivity index (χ2v) is 8.43.